The number of aryl methyl sites for hydroxylation is 1. The molecule has 0 radical (unpaired) electrons. The molecule has 0 fully saturated rings. The lowest BCUT2D eigenvalue weighted by Gasteiger charge is -1.99. The van der Waals surface area contributed by atoms with E-state index in [2.05, 4.69) is 9.97 Å². The monoisotopic (exact) mass is 320 g/mol. The summed E-state index contributed by atoms with van der Waals surface area (Å²) in [6.45, 7) is 1.95. The molecule has 0 amide bonds. The van der Waals surface area contributed by atoms with Crippen molar-refractivity contribution in [3.8, 4) is 11.8 Å². The topological polar surface area (TPSA) is 116 Å². The Balaban J connectivity index is 2.07. The van der Waals surface area contributed by atoms with Gasteiger partial charge in [0, 0.05) is 6.07 Å². The Hall–Kier alpha value is -3.66. The lowest BCUT2D eigenvalue weighted by Crippen LogP contribution is -1.90. The summed E-state index contributed by atoms with van der Waals surface area (Å²) in [6.07, 6.45) is 1.48. The van der Waals surface area contributed by atoms with Gasteiger partial charge in [0.25, 0.3) is 0 Å². The second kappa shape index (κ2) is 5.85. The van der Waals surface area contributed by atoms with E-state index in [1.165, 1.54) is 24.3 Å². The van der Waals surface area contributed by atoms with Crippen molar-refractivity contribution < 1.29 is 10.0 Å². The first kappa shape index (κ1) is 15.2. The Kier molecular flexibility index (Phi) is 3.72. The Morgan fingerprint density at radius 3 is 2.88 bits per heavy atom. The van der Waals surface area contributed by atoms with Crippen molar-refractivity contribution in [1.82, 2.24) is 9.97 Å². The SMILES string of the molecule is Cc1ccc2nc(C(C#N)=Cc3ccc(O)c([N+](=O)[O-])c3)[nH]c2c1. The molecule has 0 bridgehead atoms. The van der Waals surface area contributed by atoms with Crippen LogP contribution in [0.25, 0.3) is 22.7 Å². The number of imidazole rings is 1. The molecule has 7 heteroatoms. The van der Waals surface area contributed by atoms with E-state index < -0.39 is 16.4 Å². The highest BCUT2D eigenvalue weighted by Crippen LogP contribution is 2.28. The summed E-state index contributed by atoms with van der Waals surface area (Å²) in [5.74, 6) is -0.0382. The van der Waals surface area contributed by atoms with E-state index in [9.17, 15) is 20.5 Å². The molecule has 0 aliphatic rings. The van der Waals surface area contributed by atoms with Gasteiger partial charge in [0.15, 0.2) is 5.75 Å². The zero-order chi connectivity index (χ0) is 17.3. The minimum absolute atomic E-state index is 0.240. The molecule has 118 valence electrons. The Labute approximate surface area is 136 Å². The van der Waals surface area contributed by atoms with E-state index in [1.807, 2.05) is 31.2 Å². The number of phenolic OH excluding ortho intramolecular Hbond substituents is 1. The number of nitrogens with one attached hydrogen (secondary N) is 1. The molecule has 0 saturated heterocycles. The smallest absolute Gasteiger partial charge is 0.311 e. The number of nitriles is 1. The second-order valence-electron chi connectivity index (χ2n) is 5.28. The number of rotatable bonds is 3. The maximum atomic E-state index is 10.9. The number of hydrogen-bond acceptors (Lipinski definition) is 5. The lowest BCUT2D eigenvalue weighted by molar-refractivity contribution is -0.385. The van der Waals surface area contributed by atoms with Gasteiger partial charge in [-0.2, -0.15) is 5.26 Å². The molecule has 0 atom stereocenters. The third-order valence-corrected chi connectivity index (χ3v) is 3.52. The quantitative estimate of drug-likeness (QED) is 0.435. The molecule has 3 aromatic rings. The largest absolute Gasteiger partial charge is 0.502 e. The van der Waals surface area contributed by atoms with Crippen molar-refractivity contribution in [2.45, 2.75) is 6.92 Å². The molecular weight excluding hydrogens is 308 g/mol. The number of nitrogens with zero attached hydrogens (tertiary/aromatic N) is 3. The van der Waals surface area contributed by atoms with E-state index >= 15 is 0 Å². The van der Waals surface area contributed by atoms with E-state index in [1.54, 1.807) is 0 Å². The third kappa shape index (κ3) is 2.80. The first-order valence-corrected chi connectivity index (χ1v) is 7.04. The van der Waals surface area contributed by atoms with Gasteiger partial charge in [-0.05, 0) is 42.3 Å². The lowest BCUT2D eigenvalue weighted by atomic mass is 10.1. The van der Waals surface area contributed by atoms with Crippen molar-refractivity contribution in [3.05, 3.63) is 63.5 Å². The number of nitro benzene ring substituents is 1. The zero-order valence-corrected chi connectivity index (χ0v) is 12.6. The van der Waals surface area contributed by atoms with Crippen LogP contribution in [0.4, 0.5) is 5.69 Å². The van der Waals surface area contributed by atoms with Crippen LogP contribution in [0, 0.1) is 28.4 Å². The van der Waals surface area contributed by atoms with Crippen LogP contribution in [-0.2, 0) is 0 Å². The predicted molar refractivity (Wildman–Crippen MR) is 89.1 cm³/mol. The van der Waals surface area contributed by atoms with Crippen LogP contribution in [0.15, 0.2) is 36.4 Å². The fourth-order valence-electron chi connectivity index (χ4n) is 2.35. The average molecular weight is 320 g/mol. The summed E-state index contributed by atoms with van der Waals surface area (Å²) in [4.78, 5) is 17.7. The van der Waals surface area contributed by atoms with Crippen LogP contribution in [0.5, 0.6) is 5.75 Å². The molecule has 0 unspecified atom stereocenters. The van der Waals surface area contributed by atoms with Gasteiger partial charge in [0.1, 0.15) is 11.9 Å². The molecular formula is C17H12N4O3. The molecule has 3 rings (SSSR count). The maximum Gasteiger partial charge on any atom is 0.311 e. The van der Waals surface area contributed by atoms with Crippen molar-refractivity contribution in [1.29, 1.82) is 5.26 Å². The molecule has 24 heavy (non-hydrogen) atoms. The normalized spacial score (nSPS) is 11.4. The van der Waals surface area contributed by atoms with E-state index in [0.717, 1.165) is 16.6 Å². The summed E-state index contributed by atoms with van der Waals surface area (Å²) in [7, 11) is 0. The number of nitro groups is 1. The van der Waals surface area contributed by atoms with Gasteiger partial charge in [-0.25, -0.2) is 4.98 Å². The predicted octanol–water partition coefficient (Wildman–Crippen LogP) is 3.55. The van der Waals surface area contributed by atoms with Gasteiger partial charge < -0.3 is 10.1 Å². The number of aromatic hydroxyl groups is 1. The molecule has 7 nitrogen and oxygen atoms in total. The van der Waals surface area contributed by atoms with E-state index in [0.29, 0.717) is 11.4 Å². The van der Waals surface area contributed by atoms with Crippen molar-refractivity contribution >= 4 is 28.4 Å². The fourth-order valence-corrected chi connectivity index (χ4v) is 2.35. The summed E-state index contributed by atoms with van der Waals surface area (Å²) in [5, 5.41) is 29.8. The van der Waals surface area contributed by atoms with Crippen molar-refractivity contribution in [2.24, 2.45) is 0 Å². The van der Waals surface area contributed by atoms with Crippen LogP contribution in [0.3, 0.4) is 0 Å². The standard InChI is InChI=1S/C17H12N4O3/c1-10-2-4-13-14(6-10)20-17(19-13)12(9-18)7-11-3-5-16(22)15(8-11)21(23)24/h2-8,22H,1H3,(H,19,20). The van der Waals surface area contributed by atoms with Crippen LogP contribution >= 0.6 is 0 Å². The van der Waals surface area contributed by atoms with E-state index in [-0.39, 0.29) is 5.57 Å². The molecule has 0 aliphatic carbocycles. The number of fused-ring (bicyclic) bond motifs is 1. The number of hydrogen-bond donors (Lipinski definition) is 2. The fraction of sp³-hybridized carbons (Fsp3) is 0.0588. The molecule has 0 spiro atoms. The highest BCUT2D eigenvalue weighted by Gasteiger charge is 2.14. The first-order chi connectivity index (χ1) is 11.5. The van der Waals surface area contributed by atoms with Crippen LogP contribution in [0.1, 0.15) is 17.0 Å². The van der Waals surface area contributed by atoms with Crippen LogP contribution in [-0.4, -0.2) is 20.0 Å². The molecule has 1 heterocycles. The Morgan fingerprint density at radius 1 is 1.38 bits per heavy atom. The number of benzene rings is 2. The average Bonchev–Trinajstić information content (AvgIpc) is 2.96. The second-order valence-corrected chi connectivity index (χ2v) is 5.28. The summed E-state index contributed by atoms with van der Waals surface area (Å²) in [5.41, 5.74) is 2.85. The third-order valence-electron chi connectivity index (χ3n) is 3.52. The highest BCUT2D eigenvalue weighted by atomic mass is 16.6. The number of H-pyrrole nitrogens is 1. The van der Waals surface area contributed by atoms with Gasteiger partial charge >= 0.3 is 5.69 Å². The first-order valence-electron chi connectivity index (χ1n) is 7.04. The van der Waals surface area contributed by atoms with Gasteiger partial charge in [-0.3, -0.25) is 10.1 Å². The molecule has 0 aliphatic heterocycles. The van der Waals surface area contributed by atoms with Crippen molar-refractivity contribution in [3.63, 3.8) is 0 Å². The summed E-state index contributed by atoms with van der Waals surface area (Å²) in [6, 6.07) is 11.7. The number of aromatic amines is 1. The number of phenols is 1. The molecule has 0 saturated carbocycles. The Morgan fingerprint density at radius 2 is 2.17 bits per heavy atom. The maximum absolute atomic E-state index is 10.9. The van der Waals surface area contributed by atoms with Crippen LogP contribution < -0.4 is 0 Å². The van der Waals surface area contributed by atoms with Gasteiger partial charge in [0.05, 0.1) is 21.5 Å². The Bertz CT molecular complexity index is 1030. The summed E-state index contributed by atoms with van der Waals surface area (Å²) < 4.78 is 0. The number of allylic oxidation sites excluding steroid dienone is 1. The van der Waals surface area contributed by atoms with Crippen LogP contribution in [0.2, 0.25) is 0 Å². The van der Waals surface area contributed by atoms with Gasteiger partial charge in [-0.15, -0.1) is 0 Å². The number of aromatic nitrogens is 2. The highest BCUT2D eigenvalue weighted by molar-refractivity contribution is 5.90. The minimum atomic E-state index is -0.678. The molecule has 1 aromatic heterocycles. The van der Waals surface area contributed by atoms with Gasteiger partial charge in [-0.1, -0.05) is 12.1 Å². The molecule has 2 aromatic carbocycles. The van der Waals surface area contributed by atoms with Gasteiger partial charge in [0.2, 0.25) is 0 Å². The van der Waals surface area contributed by atoms with E-state index in [4.69, 9.17) is 0 Å². The minimum Gasteiger partial charge on any atom is -0.502 e. The molecule has 2 N–H and O–H groups in total. The zero-order valence-electron chi connectivity index (χ0n) is 12.6. The van der Waals surface area contributed by atoms with Crippen molar-refractivity contribution in [2.75, 3.05) is 0 Å². The summed E-state index contributed by atoms with van der Waals surface area (Å²) >= 11 is 0.